The Labute approximate surface area is 157 Å². The third-order valence-electron chi connectivity index (χ3n) is 5.62. The third kappa shape index (κ3) is 3.04. The molecule has 4 aromatic rings. The minimum Gasteiger partial charge on any atom is -0.305 e. The first-order valence-electron chi connectivity index (χ1n) is 9.55. The van der Waals surface area contributed by atoms with Gasteiger partial charge in [0.1, 0.15) is 0 Å². The molecule has 0 radical (unpaired) electrons. The zero-order valence-corrected chi connectivity index (χ0v) is 15.1. The molecule has 0 spiro atoms. The minimum atomic E-state index is -0.161. The summed E-state index contributed by atoms with van der Waals surface area (Å²) in [5.74, 6) is 0.371. The van der Waals surface area contributed by atoms with E-state index in [0.29, 0.717) is 5.92 Å². The van der Waals surface area contributed by atoms with Crippen molar-refractivity contribution in [2.24, 2.45) is 0 Å². The van der Waals surface area contributed by atoms with Gasteiger partial charge in [-0.15, -0.1) is 0 Å². The number of para-hydroxylation sites is 1. The number of nitrogens with one attached hydrogen (secondary N) is 2. The fourth-order valence-corrected chi connectivity index (χ4v) is 4.25. The number of pyridine rings is 1. The molecule has 5 rings (SSSR count). The van der Waals surface area contributed by atoms with E-state index in [9.17, 15) is 4.79 Å². The maximum absolute atomic E-state index is 12.0. The highest BCUT2D eigenvalue weighted by Crippen LogP contribution is 2.33. The van der Waals surface area contributed by atoms with Gasteiger partial charge in [-0.2, -0.15) is 0 Å². The van der Waals surface area contributed by atoms with E-state index in [2.05, 4.69) is 45.2 Å². The van der Waals surface area contributed by atoms with Crippen LogP contribution in [0.5, 0.6) is 0 Å². The van der Waals surface area contributed by atoms with Crippen LogP contribution in [0.3, 0.4) is 0 Å². The second-order valence-electron chi connectivity index (χ2n) is 7.38. The lowest BCUT2D eigenvalue weighted by atomic mass is 9.91. The van der Waals surface area contributed by atoms with Crippen LogP contribution in [0, 0.1) is 0 Å². The molecule has 1 aliphatic rings. The molecule has 2 N–H and O–H groups in total. The van der Waals surface area contributed by atoms with Gasteiger partial charge < -0.3 is 9.97 Å². The molecule has 2 aromatic heterocycles. The van der Waals surface area contributed by atoms with Crippen molar-refractivity contribution in [3.63, 3.8) is 0 Å². The molecule has 0 amide bonds. The normalized spacial score (nSPS) is 16.3. The van der Waals surface area contributed by atoms with Crippen molar-refractivity contribution in [2.45, 2.75) is 25.3 Å². The molecule has 1 fully saturated rings. The number of benzene rings is 2. The number of hydrogen-bond acceptors (Lipinski definition) is 3. The lowest BCUT2D eigenvalue weighted by Crippen LogP contribution is -2.32. The first kappa shape index (κ1) is 16.3. The fraction of sp³-hybridized carbons (Fsp3) is 0.273. The topological polar surface area (TPSA) is 64.8 Å². The van der Waals surface area contributed by atoms with Crippen LogP contribution in [0.1, 0.15) is 30.0 Å². The summed E-state index contributed by atoms with van der Waals surface area (Å²) in [4.78, 5) is 25.4. The van der Waals surface area contributed by atoms with Gasteiger partial charge in [0.2, 0.25) is 0 Å². The van der Waals surface area contributed by atoms with Crippen molar-refractivity contribution in [3.8, 4) is 0 Å². The van der Waals surface area contributed by atoms with Gasteiger partial charge >= 0.3 is 5.69 Å². The highest BCUT2D eigenvalue weighted by atomic mass is 16.1. The molecule has 1 saturated heterocycles. The van der Waals surface area contributed by atoms with E-state index in [1.54, 1.807) is 0 Å². The van der Waals surface area contributed by atoms with Crippen LogP contribution in [0.4, 0.5) is 0 Å². The van der Waals surface area contributed by atoms with Crippen molar-refractivity contribution >= 4 is 21.9 Å². The van der Waals surface area contributed by atoms with Gasteiger partial charge in [-0.05, 0) is 37.6 Å². The Balaban J connectivity index is 1.43. The Morgan fingerprint density at radius 1 is 0.926 bits per heavy atom. The molecule has 0 atom stereocenters. The summed E-state index contributed by atoms with van der Waals surface area (Å²) < 4.78 is 0. The Morgan fingerprint density at radius 2 is 1.63 bits per heavy atom. The van der Waals surface area contributed by atoms with E-state index in [-0.39, 0.29) is 5.69 Å². The van der Waals surface area contributed by atoms with E-state index >= 15 is 0 Å². The Morgan fingerprint density at radius 3 is 2.44 bits per heavy atom. The molecule has 0 aliphatic carbocycles. The molecular formula is C22H22N4O. The van der Waals surface area contributed by atoms with Crippen LogP contribution in [0.25, 0.3) is 21.9 Å². The lowest BCUT2D eigenvalue weighted by molar-refractivity contribution is 0.204. The summed E-state index contributed by atoms with van der Waals surface area (Å²) in [5, 5.41) is 0.996. The maximum Gasteiger partial charge on any atom is 0.323 e. The summed E-state index contributed by atoms with van der Waals surface area (Å²) >= 11 is 0. The van der Waals surface area contributed by atoms with Crippen molar-refractivity contribution in [1.82, 2.24) is 19.9 Å². The smallest absolute Gasteiger partial charge is 0.305 e. The SMILES string of the molecule is O=c1[nH]c2c(C3CCN(Cc4ccccc4)CC3)nc3ccccc3c2[nH]1. The number of hydrogen-bond donors (Lipinski definition) is 2. The predicted octanol–water partition coefficient (Wildman–Crippen LogP) is 3.78. The number of nitrogens with zero attached hydrogens (tertiary/aromatic N) is 2. The fourth-order valence-electron chi connectivity index (χ4n) is 4.25. The Hall–Kier alpha value is -2.92. The van der Waals surface area contributed by atoms with E-state index in [0.717, 1.165) is 60.1 Å². The van der Waals surface area contributed by atoms with Crippen LogP contribution in [-0.2, 0) is 6.54 Å². The van der Waals surface area contributed by atoms with E-state index in [1.165, 1.54) is 5.56 Å². The van der Waals surface area contributed by atoms with Gasteiger partial charge in [0.15, 0.2) is 0 Å². The van der Waals surface area contributed by atoms with Crippen LogP contribution in [0.15, 0.2) is 59.4 Å². The van der Waals surface area contributed by atoms with Gasteiger partial charge in [-0.25, -0.2) is 4.79 Å². The highest BCUT2D eigenvalue weighted by Gasteiger charge is 2.25. The van der Waals surface area contributed by atoms with Gasteiger partial charge in [-0.1, -0.05) is 48.5 Å². The molecule has 5 heteroatoms. The number of likely N-dealkylation sites (tertiary alicyclic amines) is 1. The standard InChI is InChI=1S/C22H22N4O/c27-22-24-20-17-8-4-5-9-18(17)23-19(21(20)25-22)16-10-12-26(13-11-16)14-15-6-2-1-3-7-15/h1-9,16H,10-14H2,(H2,24,25,27). The molecule has 0 saturated carbocycles. The molecule has 136 valence electrons. The third-order valence-corrected chi connectivity index (χ3v) is 5.62. The van der Waals surface area contributed by atoms with Crippen LogP contribution >= 0.6 is 0 Å². The summed E-state index contributed by atoms with van der Waals surface area (Å²) in [6.07, 6.45) is 2.11. The quantitative estimate of drug-likeness (QED) is 0.586. The molecule has 1 aliphatic heterocycles. The number of aromatic nitrogens is 3. The highest BCUT2D eigenvalue weighted by molar-refractivity contribution is 6.02. The van der Waals surface area contributed by atoms with Crippen molar-refractivity contribution in [1.29, 1.82) is 0 Å². The summed E-state index contributed by atoms with van der Waals surface area (Å²) in [5.41, 5.74) is 4.93. The first-order chi connectivity index (χ1) is 13.3. The number of H-pyrrole nitrogens is 2. The van der Waals surface area contributed by atoms with Crippen LogP contribution in [0.2, 0.25) is 0 Å². The summed E-state index contributed by atoms with van der Waals surface area (Å²) in [6.45, 7) is 3.09. The molecule has 27 heavy (non-hydrogen) atoms. The number of aromatic amines is 2. The van der Waals surface area contributed by atoms with Gasteiger partial charge in [-0.3, -0.25) is 9.88 Å². The number of fused-ring (bicyclic) bond motifs is 3. The average Bonchev–Trinajstić information content (AvgIpc) is 3.10. The molecule has 3 heterocycles. The largest absolute Gasteiger partial charge is 0.323 e. The van der Waals surface area contributed by atoms with Crippen LogP contribution < -0.4 is 5.69 Å². The second-order valence-corrected chi connectivity index (χ2v) is 7.38. The van der Waals surface area contributed by atoms with Gasteiger partial charge in [0.25, 0.3) is 0 Å². The minimum absolute atomic E-state index is 0.161. The predicted molar refractivity (Wildman–Crippen MR) is 108 cm³/mol. The van der Waals surface area contributed by atoms with E-state index in [1.807, 2.05) is 24.3 Å². The average molecular weight is 358 g/mol. The molecular weight excluding hydrogens is 336 g/mol. The molecule has 0 bridgehead atoms. The van der Waals surface area contributed by atoms with Crippen molar-refractivity contribution in [2.75, 3.05) is 13.1 Å². The Bertz CT molecular complexity index is 1140. The monoisotopic (exact) mass is 358 g/mol. The zero-order chi connectivity index (χ0) is 18.2. The summed E-state index contributed by atoms with van der Waals surface area (Å²) in [6, 6.07) is 18.6. The number of piperidine rings is 1. The van der Waals surface area contributed by atoms with E-state index < -0.39 is 0 Å². The van der Waals surface area contributed by atoms with Crippen molar-refractivity contribution in [3.05, 3.63) is 76.3 Å². The molecule has 2 aromatic carbocycles. The zero-order valence-electron chi connectivity index (χ0n) is 15.1. The number of rotatable bonds is 3. The maximum atomic E-state index is 12.0. The number of imidazole rings is 1. The van der Waals surface area contributed by atoms with Crippen LogP contribution in [-0.4, -0.2) is 32.9 Å². The molecule has 0 unspecified atom stereocenters. The molecule has 5 nitrogen and oxygen atoms in total. The van der Waals surface area contributed by atoms with Gasteiger partial charge in [0.05, 0.1) is 22.2 Å². The van der Waals surface area contributed by atoms with Gasteiger partial charge in [0, 0.05) is 17.8 Å². The van der Waals surface area contributed by atoms with Crippen molar-refractivity contribution < 1.29 is 0 Å². The Kier molecular flexibility index (Phi) is 4.02. The first-order valence-corrected chi connectivity index (χ1v) is 9.55. The summed E-state index contributed by atoms with van der Waals surface area (Å²) in [7, 11) is 0. The lowest BCUT2D eigenvalue weighted by Gasteiger charge is -2.32. The second kappa shape index (κ2) is 6.67. The van der Waals surface area contributed by atoms with E-state index in [4.69, 9.17) is 4.98 Å².